The zero-order valence-electron chi connectivity index (χ0n) is 16.7. The first-order chi connectivity index (χ1) is 14.5. The lowest BCUT2D eigenvalue weighted by Gasteiger charge is -2.12. The minimum Gasteiger partial charge on any atom is -0.467 e. The van der Waals surface area contributed by atoms with E-state index in [1.54, 1.807) is 48.5 Å². The molecule has 1 aromatic heterocycles. The number of amides is 2. The third kappa shape index (κ3) is 5.14. The van der Waals surface area contributed by atoms with E-state index in [1.165, 1.54) is 6.26 Å². The molecule has 0 saturated carbocycles. The van der Waals surface area contributed by atoms with E-state index < -0.39 is 18.5 Å². The van der Waals surface area contributed by atoms with Crippen LogP contribution in [0.15, 0.2) is 65.3 Å². The Morgan fingerprint density at radius 1 is 0.933 bits per heavy atom. The molecular formula is C23H22N2O5. The van der Waals surface area contributed by atoms with Crippen LogP contribution in [-0.2, 0) is 16.1 Å². The Balaban J connectivity index is 1.59. The lowest BCUT2D eigenvalue weighted by atomic mass is 10.0. The molecule has 2 amide bonds. The van der Waals surface area contributed by atoms with Gasteiger partial charge in [-0.3, -0.25) is 9.59 Å². The molecule has 0 radical (unpaired) electrons. The molecule has 30 heavy (non-hydrogen) atoms. The molecule has 2 N–H and O–H groups in total. The minimum absolute atomic E-state index is 0.224. The first kappa shape index (κ1) is 20.9. The summed E-state index contributed by atoms with van der Waals surface area (Å²) in [6, 6.07) is 15.4. The van der Waals surface area contributed by atoms with Crippen LogP contribution in [0.4, 0.5) is 5.69 Å². The first-order valence-electron chi connectivity index (χ1n) is 9.38. The van der Waals surface area contributed by atoms with Gasteiger partial charge in [0.05, 0.1) is 29.6 Å². The van der Waals surface area contributed by atoms with E-state index in [0.717, 1.165) is 11.1 Å². The van der Waals surface area contributed by atoms with Gasteiger partial charge in [-0.15, -0.1) is 0 Å². The molecule has 0 unspecified atom stereocenters. The highest BCUT2D eigenvalue weighted by atomic mass is 16.5. The van der Waals surface area contributed by atoms with E-state index in [4.69, 9.17) is 9.15 Å². The van der Waals surface area contributed by atoms with Gasteiger partial charge in [0.1, 0.15) is 5.76 Å². The molecule has 3 rings (SSSR count). The Morgan fingerprint density at radius 3 is 2.47 bits per heavy atom. The van der Waals surface area contributed by atoms with Crippen molar-refractivity contribution in [3.05, 3.63) is 88.9 Å². The molecule has 3 aromatic rings. The Bertz CT molecular complexity index is 1060. The number of ether oxygens (including phenoxy) is 1. The van der Waals surface area contributed by atoms with Gasteiger partial charge in [0.2, 0.25) is 0 Å². The quantitative estimate of drug-likeness (QED) is 0.584. The van der Waals surface area contributed by atoms with Crippen molar-refractivity contribution in [2.75, 3.05) is 11.9 Å². The van der Waals surface area contributed by atoms with E-state index in [2.05, 4.69) is 10.6 Å². The van der Waals surface area contributed by atoms with Crippen molar-refractivity contribution in [2.24, 2.45) is 0 Å². The van der Waals surface area contributed by atoms with E-state index >= 15 is 0 Å². The van der Waals surface area contributed by atoms with Crippen LogP contribution in [0.1, 0.15) is 37.6 Å². The monoisotopic (exact) mass is 406 g/mol. The molecule has 0 bridgehead atoms. The summed E-state index contributed by atoms with van der Waals surface area (Å²) in [5.74, 6) is -0.867. The Labute approximate surface area is 174 Å². The van der Waals surface area contributed by atoms with E-state index in [9.17, 15) is 14.4 Å². The second-order valence-corrected chi connectivity index (χ2v) is 6.68. The molecule has 154 valence electrons. The van der Waals surface area contributed by atoms with E-state index in [1.807, 2.05) is 19.9 Å². The molecule has 2 aromatic carbocycles. The number of nitrogens with one attached hydrogen (secondary N) is 2. The molecule has 0 aliphatic carbocycles. The molecule has 7 heteroatoms. The zero-order chi connectivity index (χ0) is 21.5. The van der Waals surface area contributed by atoms with Gasteiger partial charge in [0.15, 0.2) is 6.61 Å². The van der Waals surface area contributed by atoms with Crippen molar-refractivity contribution in [3.8, 4) is 0 Å². The van der Waals surface area contributed by atoms with Gasteiger partial charge in [0, 0.05) is 0 Å². The van der Waals surface area contributed by atoms with E-state index in [0.29, 0.717) is 22.6 Å². The Kier molecular flexibility index (Phi) is 6.64. The fourth-order valence-corrected chi connectivity index (χ4v) is 2.83. The molecule has 0 atom stereocenters. The summed E-state index contributed by atoms with van der Waals surface area (Å²) in [5, 5.41) is 5.35. The first-order valence-corrected chi connectivity index (χ1v) is 9.38. The van der Waals surface area contributed by atoms with Crippen LogP contribution in [0.2, 0.25) is 0 Å². The number of aryl methyl sites for hydroxylation is 1. The van der Waals surface area contributed by atoms with Crippen molar-refractivity contribution in [1.29, 1.82) is 0 Å². The number of anilines is 1. The van der Waals surface area contributed by atoms with Gasteiger partial charge < -0.3 is 19.8 Å². The van der Waals surface area contributed by atoms with Gasteiger partial charge in [0.25, 0.3) is 11.8 Å². The third-order valence-electron chi connectivity index (χ3n) is 4.61. The topological polar surface area (TPSA) is 97.6 Å². The van der Waals surface area contributed by atoms with Gasteiger partial charge in [-0.05, 0) is 55.3 Å². The van der Waals surface area contributed by atoms with Crippen molar-refractivity contribution in [2.45, 2.75) is 20.4 Å². The Hall–Kier alpha value is -3.87. The highest BCUT2D eigenvalue weighted by Crippen LogP contribution is 2.16. The van der Waals surface area contributed by atoms with Crippen LogP contribution in [0.5, 0.6) is 0 Å². The summed E-state index contributed by atoms with van der Waals surface area (Å²) in [7, 11) is 0. The van der Waals surface area contributed by atoms with Crippen LogP contribution < -0.4 is 10.6 Å². The summed E-state index contributed by atoms with van der Waals surface area (Å²) < 4.78 is 10.3. The SMILES string of the molecule is Cc1cccc(C(=O)OCC(=O)Nc2ccccc2C(=O)NCc2ccco2)c1C. The van der Waals surface area contributed by atoms with Crippen molar-refractivity contribution < 1.29 is 23.5 Å². The number of hydrogen-bond donors (Lipinski definition) is 2. The smallest absolute Gasteiger partial charge is 0.338 e. The maximum absolute atomic E-state index is 12.5. The zero-order valence-corrected chi connectivity index (χ0v) is 16.7. The van der Waals surface area contributed by atoms with Crippen molar-refractivity contribution in [3.63, 3.8) is 0 Å². The number of esters is 1. The number of furan rings is 1. The van der Waals surface area contributed by atoms with Crippen LogP contribution >= 0.6 is 0 Å². The third-order valence-corrected chi connectivity index (χ3v) is 4.61. The summed E-state index contributed by atoms with van der Waals surface area (Å²) >= 11 is 0. The molecule has 1 heterocycles. The predicted octanol–water partition coefficient (Wildman–Crippen LogP) is 3.62. The standard InChI is InChI=1S/C23H22N2O5/c1-15-7-5-10-18(16(15)2)23(28)30-14-21(26)25-20-11-4-3-9-19(20)22(27)24-13-17-8-6-12-29-17/h3-12H,13-14H2,1-2H3,(H,24,27)(H,25,26). The number of hydrogen-bond acceptors (Lipinski definition) is 5. The minimum atomic E-state index is -0.573. The number of carbonyl (C=O) groups excluding carboxylic acids is 3. The van der Waals surface area contributed by atoms with E-state index in [-0.39, 0.29) is 12.5 Å². The van der Waals surface area contributed by atoms with Gasteiger partial charge in [-0.2, -0.15) is 0 Å². The highest BCUT2D eigenvalue weighted by molar-refractivity contribution is 6.04. The lowest BCUT2D eigenvalue weighted by molar-refractivity contribution is -0.119. The van der Waals surface area contributed by atoms with Crippen LogP contribution in [0, 0.1) is 13.8 Å². The number of carbonyl (C=O) groups is 3. The maximum Gasteiger partial charge on any atom is 0.338 e. The summed E-state index contributed by atoms with van der Waals surface area (Å²) in [6.45, 7) is 3.48. The van der Waals surface area contributed by atoms with Gasteiger partial charge >= 0.3 is 5.97 Å². The highest BCUT2D eigenvalue weighted by Gasteiger charge is 2.16. The average Bonchev–Trinajstić information content (AvgIpc) is 3.26. The fourth-order valence-electron chi connectivity index (χ4n) is 2.83. The van der Waals surface area contributed by atoms with Crippen molar-refractivity contribution in [1.82, 2.24) is 5.32 Å². The molecule has 0 saturated heterocycles. The molecule has 0 fully saturated rings. The number of rotatable bonds is 7. The van der Waals surface area contributed by atoms with Crippen molar-refractivity contribution >= 4 is 23.5 Å². The van der Waals surface area contributed by atoms with Crippen LogP contribution in [0.3, 0.4) is 0 Å². The molecule has 7 nitrogen and oxygen atoms in total. The summed E-state index contributed by atoms with van der Waals surface area (Å²) in [4.78, 5) is 37.0. The van der Waals surface area contributed by atoms with Gasteiger partial charge in [-0.1, -0.05) is 24.3 Å². The molecule has 0 aliphatic rings. The summed E-state index contributed by atoms with van der Waals surface area (Å²) in [5.41, 5.74) is 2.80. The summed E-state index contributed by atoms with van der Waals surface area (Å²) in [6.07, 6.45) is 1.52. The van der Waals surface area contributed by atoms with Crippen LogP contribution in [-0.4, -0.2) is 24.4 Å². The number of para-hydroxylation sites is 1. The molecular weight excluding hydrogens is 384 g/mol. The second-order valence-electron chi connectivity index (χ2n) is 6.68. The molecule has 0 spiro atoms. The maximum atomic E-state index is 12.5. The molecule has 0 aliphatic heterocycles. The normalized spacial score (nSPS) is 10.3. The second kappa shape index (κ2) is 9.56. The van der Waals surface area contributed by atoms with Gasteiger partial charge in [-0.25, -0.2) is 4.79 Å². The predicted molar refractivity (Wildman–Crippen MR) is 111 cm³/mol. The Morgan fingerprint density at radius 2 is 1.70 bits per heavy atom. The fraction of sp³-hybridized carbons (Fsp3) is 0.174. The largest absolute Gasteiger partial charge is 0.467 e. The number of benzene rings is 2. The lowest BCUT2D eigenvalue weighted by Crippen LogP contribution is -2.26. The van der Waals surface area contributed by atoms with Crippen LogP contribution in [0.25, 0.3) is 0 Å². The average molecular weight is 406 g/mol.